The fourth-order valence-electron chi connectivity index (χ4n) is 3.67. The van der Waals surface area contributed by atoms with Crippen molar-refractivity contribution in [2.75, 3.05) is 0 Å². The van der Waals surface area contributed by atoms with Crippen molar-refractivity contribution in [1.29, 1.82) is 0 Å². The molecule has 26 heavy (non-hydrogen) atoms. The van der Waals surface area contributed by atoms with Gasteiger partial charge < -0.3 is 0 Å². The molecule has 0 N–H and O–H groups in total. The van der Waals surface area contributed by atoms with Gasteiger partial charge in [0.15, 0.2) is 0 Å². The molecule has 2 aromatic rings. The molecular weight excluding hydrogens is 459 g/mol. The van der Waals surface area contributed by atoms with Crippen molar-refractivity contribution in [3.05, 3.63) is 32.1 Å². The van der Waals surface area contributed by atoms with Crippen molar-refractivity contribution < 1.29 is 0 Å². The first-order valence-electron chi connectivity index (χ1n) is 10.5. The molecule has 0 spiro atoms. The van der Waals surface area contributed by atoms with Crippen LogP contribution in [0.15, 0.2) is 22.3 Å². The van der Waals surface area contributed by atoms with Crippen LogP contribution in [0.25, 0.3) is 21.6 Å². The summed E-state index contributed by atoms with van der Waals surface area (Å²) < 4.78 is 10.4. The summed E-state index contributed by atoms with van der Waals surface area (Å²) in [5, 5.41) is 0. The number of thiophene rings is 2. The van der Waals surface area contributed by atoms with E-state index in [0.717, 1.165) is 0 Å². The second-order valence-corrected chi connectivity index (χ2v) is 22.8. The fraction of sp³-hybridized carbons (Fsp3) is 0.565. The molecule has 0 atom stereocenters. The molecule has 0 amide bonds. The quantitative estimate of drug-likeness (QED) is 0.257. The Morgan fingerprint density at radius 1 is 0.769 bits per heavy atom. The molecule has 0 aliphatic rings. The van der Waals surface area contributed by atoms with Crippen LogP contribution in [-0.2, 0) is 0 Å². The molecular formula is C23H36S2Sn. The van der Waals surface area contributed by atoms with Crippen LogP contribution in [0.3, 0.4) is 0 Å². The zero-order chi connectivity index (χ0) is 18.8. The van der Waals surface area contributed by atoms with E-state index in [9.17, 15) is 0 Å². The maximum atomic E-state index is 2.80. The fourth-order valence-corrected chi connectivity index (χ4v) is 20.5. The SMILES string of the molecule is C/C=C/c1cc2sc(/C=[CH]/[Sn]([CH2]CCC)([CH2]CCC)[CH2]CCC)cc2s1. The Balaban J connectivity index is 2.21. The van der Waals surface area contributed by atoms with E-state index < -0.39 is 18.4 Å². The topological polar surface area (TPSA) is 0 Å². The van der Waals surface area contributed by atoms with Gasteiger partial charge in [0, 0.05) is 0 Å². The van der Waals surface area contributed by atoms with Crippen LogP contribution in [0.5, 0.6) is 0 Å². The van der Waals surface area contributed by atoms with E-state index in [-0.39, 0.29) is 0 Å². The van der Waals surface area contributed by atoms with Crippen molar-refractivity contribution >= 4 is 62.6 Å². The first-order valence-corrected chi connectivity index (χ1v) is 19.8. The normalized spacial score (nSPS) is 12.9. The number of hydrogen-bond donors (Lipinski definition) is 0. The second-order valence-electron chi connectivity index (χ2n) is 7.53. The van der Waals surface area contributed by atoms with Gasteiger partial charge in [-0.2, -0.15) is 0 Å². The third-order valence-corrected chi connectivity index (χ3v) is 21.5. The van der Waals surface area contributed by atoms with Gasteiger partial charge in [0.2, 0.25) is 0 Å². The molecule has 0 aliphatic heterocycles. The van der Waals surface area contributed by atoms with Gasteiger partial charge in [0.25, 0.3) is 0 Å². The number of allylic oxidation sites excluding steroid dienone is 1. The zero-order valence-corrected chi connectivity index (χ0v) is 21.6. The summed E-state index contributed by atoms with van der Waals surface area (Å²) >= 11 is 1.77. The summed E-state index contributed by atoms with van der Waals surface area (Å²) in [4.78, 5) is 2.86. The number of hydrogen-bond acceptors (Lipinski definition) is 2. The molecule has 0 aliphatic carbocycles. The molecule has 0 saturated carbocycles. The molecule has 0 saturated heterocycles. The second kappa shape index (κ2) is 11.7. The maximum absolute atomic E-state index is 2.80. The van der Waals surface area contributed by atoms with Crippen LogP contribution in [0.1, 0.15) is 76.0 Å². The molecule has 3 heteroatoms. The van der Waals surface area contributed by atoms with E-state index in [2.05, 4.69) is 62.1 Å². The number of fused-ring (bicyclic) bond motifs is 1. The molecule has 0 bridgehead atoms. The minimum absolute atomic E-state index is 1.35. The average molecular weight is 495 g/mol. The van der Waals surface area contributed by atoms with Crippen molar-refractivity contribution in [1.82, 2.24) is 0 Å². The minimum atomic E-state index is -2.14. The molecule has 2 aromatic heterocycles. The Morgan fingerprint density at radius 2 is 1.23 bits per heavy atom. The van der Waals surface area contributed by atoms with Gasteiger partial charge in [-0.15, -0.1) is 0 Å². The molecule has 0 unspecified atom stereocenters. The molecule has 2 rings (SSSR count). The van der Waals surface area contributed by atoms with E-state index in [1.54, 1.807) is 13.3 Å². The summed E-state index contributed by atoms with van der Waals surface area (Å²) in [7, 11) is 0. The first kappa shape index (κ1) is 22.2. The molecule has 0 fully saturated rings. The van der Waals surface area contributed by atoms with Crippen LogP contribution in [-0.4, -0.2) is 18.4 Å². The standard InChI is InChI=1S/C11H9S2.3C4H9.Sn/c1-3-5-9-7-11-10(13-9)6-8(4-2)12-11;3*1-3-4-2;/h2-7H,1H3;3*1,3-4H2,2H3;/b4-2?,5-3+;;;;. The first-order chi connectivity index (χ1) is 12.7. The average Bonchev–Trinajstić information content (AvgIpc) is 3.19. The predicted octanol–water partition coefficient (Wildman–Crippen LogP) is 9.40. The zero-order valence-electron chi connectivity index (χ0n) is 17.1. The van der Waals surface area contributed by atoms with Gasteiger partial charge in [-0.3, -0.25) is 0 Å². The summed E-state index contributed by atoms with van der Waals surface area (Å²) in [6, 6.07) is 4.77. The van der Waals surface area contributed by atoms with Crippen LogP contribution < -0.4 is 0 Å². The molecule has 0 radical (unpaired) electrons. The summed E-state index contributed by atoms with van der Waals surface area (Å²) in [6.45, 7) is 9.17. The Kier molecular flexibility index (Phi) is 10.0. The number of unbranched alkanes of at least 4 members (excludes halogenated alkanes) is 3. The van der Waals surface area contributed by atoms with Gasteiger partial charge in [-0.25, -0.2) is 0 Å². The Bertz CT molecular complexity index is 652. The predicted molar refractivity (Wildman–Crippen MR) is 128 cm³/mol. The van der Waals surface area contributed by atoms with Crippen LogP contribution >= 0.6 is 22.7 Å². The van der Waals surface area contributed by atoms with Crippen molar-refractivity contribution in [2.24, 2.45) is 0 Å². The van der Waals surface area contributed by atoms with Gasteiger partial charge >= 0.3 is 174 Å². The third kappa shape index (κ3) is 6.52. The van der Waals surface area contributed by atoms with Crippen LogP contribution in [0.2, 0.25) is 13.3 Å². The van der Waals surface area contributed by atoms with E-state index >= 15 is 0 Å². The third-order valence-electron chi connectivity index (χ3n) is 5.26. The molecule has 0 nitrogen and oxygen atoms in total. The van der Waals surface area contributed by atoms with Crippen LogP contribution in [0, 0.1) is 0 Å². The summed E-state index contributed by atoms with van der Waals surface area (Å²) in [5.74, 6) is 0. The molecule has 0 aromatic carbocycles. The van der Waals surface area contributed by atoms with Gasteiger partial charge in [-0.1, -0.05) is 0 Å². The van der Waals surface area contributed by atoms with Crippen molar-refractivity contribution in [3.63, 3.8) is 0 Å². The Hall–Kier alpha value is -0.0613. The number of rotatable bonds is 12. The molecule has 2 heterocycles. The van der Waals surface area contributed by atoms with E-state index in [1.165, 1.54) is 57.7 Å². The Morgan fingerprint density at radius 3 is 1.65 bits per heavy atom. The van der Waals surface area contributed by atoms with Gasteiger partial charge in [-0.05, 0) is 0 Å². The molecule has 144 valence electrons. The van der Waals surface area contributed by atoms with Crippen LogP contribution in [0.4, 0.5) is 0 Å². The van der Waals surface area contributed by atoms with E-state index in [0.29, 0.717) is 0 Å². The summed E-state index contributed by atoms with van der Waals surface area (Å²) in [5.41, 5.74) is 0. The Labute approximate surface area is 173 Å². The van der Waals surface area contributed by atoms with E-state index in [4.69, 9.17) is 0 Å². The van der Waals surface area contributed by atoms with Gasteiger partial charge in [0.05, 0.1) is 0 Å². The van der Waals surface area contributed by atoms with Crippen molar-refractivity contribution in [3.8, 4) is 0 Å². The summed E-state index contributed by atoms with van der Waals surface area (Å²) in [6.07, 6.45) is 15.3. The monoisotopic (exact) mass is 496 g/mol. The van der Waals surface area contributed by atoms with E-state index in [1.807, 2.05) is 22.7 Å². The van der Waals surface area contributed by atoms with Crippen molar-refractivity contribution in [2.45, 2.75) is 79.5 Å². The van der Waals surface area contributed by atoms with Gasteiger partial charge in [0.1, 0.15) is 0 Å².